The van der Waals surface area contributed by atoms with Crippen LogP contribution in [0.25, 0.3) is 21.9 Å². The summed E-state index contributed by atoms with van der Waals surface area (Å²) < 4.78 is 5.74. The molecule has 0 bridgehead atoms. The molecule has 0 atom stereocenters. The molecule has 0 heterocycles. The fraction of sp³-hybridized carbons (Fsp3) is 0.114. The zero-order valence-electron chi connectivity index (χ0n) is 22.7. The fourth-order valence-electron chi connectivity index (χ4n) is 5.60. The molecule has 5 aromatic rings. The van der Waals surface area contributed by atoms with Gasteiger partial charge in [0.2, 0.25) is 0 Å². The smallest absolute Gasteiger partial charge is 0.411 e. The van der Waals surface area contributed by atoms with Gasteiger partial charge in [-0.1, -0.05) is 103 Å². The van der Waals surface area contributed by atoms with E-state index in [-0.39, 0.29) is 30.3 Å². The Kier molecular flexibility index (Phi) is 7.39. The normalized spacial score (nSPS) is 11.9. The third-order valence-electron chi connectivity index (χ3n) is 7.53. The topological polar surface area (TPSA) is 95.9 Å². The van der Waals surface area contributed by atoms with Crippen molar-refractivity contribution in [2.24, 2.45) is 0 Å². The summed E-state index contributed by atoms with van der Waals surface area (Å²) in [6, 6.07) is 36.2. The minimum Gasteiger partial charge on any atom is -0.480 e. The highest BCUT2D eigenvalue weighted by Gasteiger charge is 2.29. The number of amides is 2. The molecule has 42 heavy (non-hydrogen) atoms. The number of hydrogen-bond donors (Lipinski definition) is 2. The van der Waals surface area contributed by atoms with Gasteiger partial charge in [0, 0.05) is 12.5 Å². The first-order valence-electron chi connectivity index (χ1n) is 13.7. The van der Waals surface area contributed by atoms with Gasteiger partial charge in [-0.3, -0.25) is 14.9 Å². The minimum absolute atomic E-state index is 0.100. The van der Waals surface area contributed by atoms with Crippen molar-refractivity contribution < 1.29 is 24.2 Å². The molecule has 5 aromatic carbocycles. The number of ether oxygens (including phenoxy) is 1. The molecule has 1 aliphatic rings. The average molecular weight is 557 g/mol. The standard InChI is InChI=1S/C35H28N2O5/c38-33(39)21-37(20-23-10-2-1-3-11-23)34(40)30-18-24-12-4-5-13-25(24)19-32(30)36-35(41)42-22-31-28-16-8-6-14-26(28)27-15-7-9-17-29(27)31/h1-19,31H,20-22H2,(H,36,41)(H,38,39). The van der Waals surface area contributed by atoms with Gasteiger partial charge in [0.1, 0.15) is 13.2 Å². The molecular formula is C35H28N2O5. The summed E-state index contributed by atoms with van der Waals surface area (Å²) in [5.74, 6) is -1.76. The van der Waals surface area contributed by atoms with Gasteiger partial charge >= 0.3 is 12.1 Å². The third-order valence-corrected chi connectivity index (χ3v) is 7.53. The van der Waals surface area contributed by atoms with Gasteiger partial charge in [-0.05, 0) is 50.7 Å². The van der Waals surface area contributed by atoms with Crippen molar-refractivity contribution in [2.75, 3.05) is 18.5 Å². The van der Waals surface area contributed by atoms with Crippen LogP contribution < -0.4 is 5.32 Å². The zero-order valence-corrected chi connectivity index (χ0v) is 22.7. The van der Waals surface area contributed by atoms with Crippen molar-refractivity contribution >= 4 is 34.4 Å². The molecule has 0 radical (unpaired) electrons. The van der Waals surface area contributed by atoms with E-state index in [4.69, 9.17) is 4.74 Å². The molecule has 0 aromatic heterocycles. The molecule has 0 unspecified atom stereocenters. The number of nitrogens with zero attached hydrogens (tertiary/aromatic N) is 1. The molecule has 1 aliphatic carbocycles. The number of carbonyl (C=O) groups is 3. The first kappa shape index (κ1) is 26.8. The molecule has 2 N–H and O–H groups in total. The second-order valence-electron chi connectivity index (χ2n) is 10.2. The van der Waals surface area contributed by atoms with Crippen LogP contribution in [0.2, 0.25) is 0 Å². The summed E-state index contributed by atoms with van der Waals surface area (Å²) in [5.41, 5.74) is 5.66. The molecule has 0 saturated heterocycles. The van der Waals surface area contributed by atoms with Crippen LogP contribution in [-0.2, 0) is 16.1 Å². The van der Waals surface area contributed by atoms with Crippen LogP contribution in [0.5, 0.6) is 0 Å². The molecule has 2 amide bonds. The number of anilines is 1. The number of carbonyl (C=O) groups excluding carboxylic acids is 2. The van der Waals surface area contributed by atoms with Crippen molar-refractivity contribution in [3.8, 4) is 11.1 Å². The summed E-state index contributed by atoms with van der Waals surface area (Å²) in [6.45, 7) is -0.274. The van der Waals surface area contributed by atoms with Crippen molar-refractivity contribution in [3.05, 3.63) is 138 Å². The Labute approximate surface area is 243 Å². The molecular weight excluding hydrogens is 528 g/mol. The van der Waals surface area contributed by atoms with E-state index in [1.54, 1.807) is 12.1 Å². The first-order valence-corrected chi connectivity index (χ1v) is 13.7. The molecule has 7 heteroatoms. The average Bonchev–Trinajstić information content (AvgIpc) is 3.33. The van der Waals surface area contributed by atoms with E-state index in [0.717, 1.165) is 38.6 Å². The second kappa shape index (κ2) is 11.6. The summed E-state index contributed by atoms with van der Waals surface area (Å²) in [6.07, 6.45) is -0.700. The van der Waals surface area contributed by atoms with Gasteiger partial charge in [0.15, 0.2) is 0 Å². The lowest BCUT2D eigenvalue weighted by Crippen LogP contribution is -2.35. The Balaban J connectivity index is 1.27. The summed E-state index contributed by atoms with van der Waals surface area (Å²) in [7, 11) is 0. The zero-order chi connectivity index (χ0) is 29.1. The molecule has 7 nitrogen and oxygen atoms in total. The van der Waals surface area contributed by atoms with Crippen molar-refractivity contribution in [1.29, 1.82) is 0 Å². The van der Waals surface area contributed by atoms with E-state index >= 15 is 0 Å². The summed E-state index contributed by atoms with van der Waals surface area (Å²) in [4.78, 5) is 40.0. The van der Waals surface area contributed by atoms with Gasteiger partial charge < -0.3 is 14.7 Å². The van der Waals surface area contributed by atoms with E-state index in [9.17, 15) is 19.5 Å². The maximum Gasteiger partial charge on any atom is 0.411 e. The van der Waals surface area contributed by atoms with Crippen molar-refractivity contribution in [2.45, 2.75) is 12.5 Å². The van der Waals surface area contributed by atoms with Crippen molar-refractivity contribution in [3.63, 3.8) is 0 Å². The maximum atomic E-state index is 13.8. The quantitative estimate of drug-likeness (QED) is 0.216. The van der Waals surface area contributed by atoms with E-state index in [1.807, 2.05) is 91.0 Å². The number of carboxylic acids is 1. The van der Waals surface area contributed by atoms with Gasteiger partial charge in [-0.25, -0.2) is 4.79 Å². The Hall–Kier alpha value is -5.43. The lowest BCUT2D eigenvalue weighted by Gasteiger charge is -2.23. The molecule has 0 saturated carbocycles. The monoisotopic (exact) mass is 556 g/mol. The van der Waals surface area contributed by atoms with Crippen molar-refractivity contribution in [1.82, 2.24) is 4.90 Å². The van der Waals surface area contributed by atoms with Crippen LogP contribution in [0.15, 0.2) is 115 Å². The van der Waals surface area contributed by atoms with E-state index in [1.165, 1.54) is 4.90 Å². The number of fused-ring (bicyclic) bond motifs is 4. The largest absolute Gasteiger partial charge is 0.480 e. The predicted octanol–water partition coefficient (Wildman–Crippen LogP) is 6.93. The number of aliphatic carboxylic acids is 1. The fourth-order valence-corrected chi connectivity index (χ4v) is 5.60. The van der Waals surface area contributed by atoms with Gasteiger partial charge in [-0.15, -0.1) is 0 Å². The van der Waals surface area contributed by atoms with Gasteiger partial charge in [0.05, 0.1) is 11.3 Å². The molecule has 0 fully saturated rings. The van der Waals surface area contributed by atoms with Crippen LogP contribution in [-0.4, -0.2) is 41.1 Å². The second-order valence-corrected chi connectivity index (χ2v) is 10.2. The van der Waals surface area contributed by atoms with Crippen LogP contribution in [0.1, 0.15) is 33.0 Å². The number of nitrogens with one attached hydrogen (secondary N) is 1. The Morgan fingerprint density at radius 2 is 1.31 bits per heavy atom. The number of hydrogen-bond acceptors (Lipinski definition) is 4. The molecule has 0 spiro atoms. The Morgan fingerprint density at radius 3 is 1.95 bits per heavy atom. The Morgan fingerprint density at radius 1 is 0.738 bits per heavy atom. The van der Waals surface area contributed by atoms with E-state index < -0.39 is 24.5 Å². The molecule has 0 aliphatic heterocycles. The predicted molar refractivity (Wildman–Crippen MR) is 161 cm³/mol. The summed E-state index contributed by atoms with van der Waals surface area (Å²) >= 11 is 0. The maximum absolute atomic E-state index is 13.8. The SMILES string of the molecule is O=C(O)CN(Cc1ccccc1)C(=O)c1cc2ccccc2cc1NC(=O)OCC1c2ccccc2-c2ccccc21. The Bertz CT molecular complexity index is 1760. The van der Waals surface area contributed by atoms with Gasteiger partial charge in [-0.2, -0.15) is 0 Å². The number of benzene rings is 5. The van der Waals surface area contributed by atoms with Crippen LogP contribution in [0.4, 0.5) is 10.5 Å². The van der Waals surface area contributed by atoms with E-state index in [2.05, 4.69) is 17.4 Å². The highest BCUT2D eigenvalue weighted by atomic mass is 16.5. The lowest BCUT2D eigenvalue weighted by molar-refractivity contribution is -0.137. The molecule has 6 rings (SSSR count). The number of rotatable bonds is 8. The van der Waals surface area contributed by atoms with E-state index in [0.29, 0.717) is 0 Å². The van der Waals surface area contributed by atoms with Gasteiger partial charge in [0.25, 0.3) is 5.91 Å². The first-order chi connectivity index (χ1) is 20.5. The highest BCUT2D eigenvalue weighted by molar-refractivity contribution is 6.07. The molecule has 208 valence electrons. The van der Waals surface area contributed by atoms with Crippen LogP contribution >= 0.6 is 0 Å². The minimum atomic E-state index is -1.13. The highest BCUT2D eigenvalue weighted by Crippen LogP contribution is 2.44. The van der Waals surface area contributed by atoms with Crippen LogP contribution in [0, 0.1) is 0 Å². The lowest BCUT2D eigenvalue weighted by atomic mass is 9.98. The number of carboxylic acid groups (broad SMARTS) is 1. The summed E-state index contributed by atoms with van der Waals surface area (Å²) in [5, 5.41) is 13.9. The third kappa shape index (κ3) is 5.45. The van der Waals surface area contributed by atoms with Crippen LogP contribution in [0.3, 0.4) is 0 Å².